The first-order valence-electron chi connectivity index (χ1n) is 9.50. The molecule has 0 aliphatic carbocycles. The molecule has 1 aliphatic heterocycles. The van der Waals surface area contributed by atoms with E-state index in [0.717, 1.165) is 31.7 Å². The summed E-state index contributed by atoms with van der Waals surface area (Å²) < 4.78 is 0. The number of hydrogen-bond donors (Lipinski definition) is 2. The topological polar surface area (TPSA) is 64.7 Å². The average Bonchev–Trinajstić information content (AvgIpc) is 2.72. The second-order valence-electron chi connectivity index (χ2n) is 6.96. The minimum absolute atomic E-state index is 0.00986. The monoisotopic (exact) mass is 434 g/mol. The highest BCUT2D eigenvalue weighted by Crippen LogP contribution is 2.29. The maximum absolute atomic E-state index is 12.3. The van der Waals surface area contributed by atoms with Gasteiger partial charge in [-0.15, -0.1) is 0 Å². The molecule has 2 aromatic rings. The summed E-state index contributed by atoms with van der Waals surface area (Å²) in [5.74, 6) is -0.126. The summed E-state index contributed by atoms with van der Waals surface area (Å²) in [4.78, 5) is 28.6. The number of nitrogens with one attached hydrogen (secondary N) is 2. The third-order valence-corrected chi connectivity index (χ3v) is 5.58. The van der Waals surface area contributed by atoms with Crippen LogP contribution in [0.25, 0.3) is 0 Å². The fraction of sp³-hybridized carbons (Fsp3) is 0.333. The zero-order valence-corrected chi connectivity index (χ0v) is 17.5. The van der Waals surface area contributed by atoms with E-state index in [4.69, 9.17) is 23.2 Å². The van der Waals surface area contributed by atoms with E-state index >= 15 is 0 Å². The van der Waals surface area contributed by atoms with E-state index in [-0.39, 0.29) is 18.4 Å². The number of carbonyl (C=O) groups excluding carboxylic acids is 2. The number of halogens is 2. The zero-order chi connectivity index (χ0) is 20.6. The number of anilines is 1. The lowest BCUT2D eigenvalue weighted by Gasteiger charge is -2.33. The molecular weight excluding hydrogens is 411 g/mol. The number of amides is 2. The van der Waals surface area contributed by atoms with E-state index in [2.05, 4.69) is 20.4 Å². The molecule has 2 N–H and O–H groups in total. The summed E-state index contributed by atoms with van der Waals surface area (Å²) in [6, 6.07) is 15.0. The first kappa shape index (κ1) is 21.6. The Kier molecular flexibility index (Phi) is 7.89. The molecule has 154 valence electrons. The third-order valence-electron chi connectivity index (χ3n) is 4.76. The molecule has 6 nitrogen and oxygen atoms in total. The first-order chi connectivity index (χ1) is 14.0. The van der Waals surface area contributed by atoms with Gasteiger partial charge in [0.1, 0.15) is 0 Å². The van der Waals surface area contributed by atoms with Gasteiger partial charge in [-0.3, -0.25) is 19.4 Å². The van der Waals surface area contributed by atoms with Gasteiger partial charge in [-0.25, -0.2) is 0 Å². The van der Waals surface area contributed by atoms with Crippen molar-refractivity contribution in [1.29, 1.82) is 0 Å². The molecule has 8 heteroatoms. The molecule has 1 heterocycles. The quantitative estimate of drug-likeness (QED) is 0.702. The van der Waals surface area contributed by atoms with E-state index in [1.165, 1.54) is 0 Å². The lowest BCUT2D eigenvalue weighted by molar-refractivity contribution is -0.123. The number of hydrogen-bond acceptors (Lipinski definition) is 4. The summed E-state index contributed by atoms with van der Waals surface area (Å²) in [6.45, 7) is 4.10. The number of nitrogens with zero attached hydrogens (tertiary/aromatic N) is 2. The van der Waals surface area contributed by atoms with Crippen LogP contribution in [0.1, 0.15) is 5.56 Å². The Morgan fingerprint density at radius 3 is 2.10 bits per heavy atom. The number of rotatable bonds is 7. The summed E-state index contributed by atoms with van der Waals surface area (Å²) >= 11 is 12.1. The van der Waals surface area contributed by atoms with Crippen molar-refractivity contribution in [3.8, 4) is 0 Å². The van der Waals surface area contributed by atoms with Gasteiger partial charge in [0.05, 0.1) is 28.8 Å². The predicted octanol–water partition coefficient (Wildman–Crippen LogP) is 2.87. The highest BCUT2D eigenvalue weighted by Gasteiger charge is 2.21. The van der Waals surface area contributed by atoms with Crippen LogP contribution in [0.2, 0.25) is 10.0 Å². The molecular formula is C21H24Cl2N4O2. The fourth-order valence-corrected chi connectivity index (χ4v) is 3.50. The van der Waals surface area contributed by atoms with Crippen LogP contribution in [-0.4, -0.2) is 60.9 Å². The van der Waals surface area contributed by atoms with Crippen molar-refractivity contribution in [2.45, 2.75) is 6.54 Å². The van der Waals surface area contributed by atoms with Gasteiger partial charge in [0.25, 0.3) is 0 Å². The second-order valence-corrected chi connectivity index (χ2v) is 7.75. The van der Waals surface area contributed by atoms with Gasteiger partial charge in [-0.1, -0.05) is 59.6 Å². The first-order valence-corrected chi connectivity index (χ1v) is 10.3. The van der Waals surface area contributed by atoms with Gasteiger partial charge < -0.3 is 10.6 Å². The Morgan fingerprint density at radius 2 is 1.45 bits per heavy atom. The minimum Gasteiger partial charge on any atom is -0.351 e. The van der Waals surface area contributed by atoms with Crippen molar-refractivity contribution in [1.82, 2.24) is 15.1 Å². The highest BCUT2D eigenvalue weighted by atomic mass is 35.5. The summed E-state index contributed by atoms with van der Waals surface area (Å²) in [5, 5.41) is 6.49. The predicted molar refractivity (Wildman–Crippen MR) is 116 cm³/mol. The summed E-state index contributed by atoms with van der Waals surface area (Å²) in [5.41, 5.74) is 1.59. The van der Waals surface area contributed by atoms with E-state index in [9.17, 15) is 9.59 Å². The van der Waals surface area contributed by atoms with Gasteiger partial charge in [-0.2, -0.15) is 0 Å². The van der Waals surface area contributed by atoms with Gasteiger partial charge in [0.2, 0.25) is 11.8 Å². The molecule has 0 bridgehead atoms. The van der Waals surface area contributed by atoms with Crippen LogP contribution in [0, 0.1) is 0 Å². The normalized spacial score (nSPS) is 15.1. The van der Waals surface area contributed by atoms with Gasteiger partial charge in [0, 0.05) is 32.7 Å². The zero-order valence-electron chi connectivity index (χ0n) is 16.0. The highest BCUT2D eigenvalue weighted by molar-refractivity contribution is 6.44. The van der Waals surface area contributed by atoms with Crippen molar-refractivity contribution < 1.29 is 9.59 Å². The van der Waals surface area contributed by atoms with E-state index < -0.39 is 0 Å². The molecule has 1 aliphatic rings. The summed E-state index contributed by atoms with van der Waals surface area (Å²) in [7, 11) is 0. The van der Waals surface area contributed by atoms with E-state index in [0.29, 0.717) is 28.8 Å². The largest absolute Gasteiger partial charge is 0.351 e. The van der Waals surface area contributed by atoms with Gasteiger partial charge in [-0.05, 0) is 17.7 Å². The standard InChI is InChI=1S/C21H24Cl2N4O2/c22-17-7-4-8-18(21(17)23)25-20(29)15-27-11-9-26(10-12-27)14-19(28)24-13-16-5-2-1-3-6-16/h1-8H,9-15H2,(H,24,28)(H,25,29). The van der Waals surface area contributed by atoms with Crippen molar-refractivity contribution in [2.24, 2.45) is 0 Å². The molecule has 2 amide bonds. The molecule has 29 heavy (non-hydrogen) atoms. The van der Waals surface area contributed by atoms with Crippen LogP contribution in [0.5, 0.6) is 0 Å². The van der Waals surface area contributed by atoms with Crippen LogP contribution in [0.4, 0.5) is 5.69 Å². The minimum atomic E-state index is -0.136. The van der Waals surface area contributed by atoms with E-state index in [1.807, 2.05) is 30.3 Å². The van der Waals surface area contributed by atoms with Crippen molar-refractivity contribution >= 4 is 40.7 Å². The maximum atomic E-state index is 12.3. The van der Waals surface area contributed by atoms with Crippen molar-refractivity contribution in [3.63, 3.8) is 0 Å². The Hall–Kier alpha value is -2.12. The van der Waals surface area contributed by atoms with Crippen LogP contribution >= 0.6 is 23.2 Å². The average molecular weight is 435 g/mol. The van der Waals surface area contributed by atoms with E-state index in [1.54, 1.807) is 18.2 Å². The molecule has 0 spiro atoms. The molecule has 2 aromatic carbocycles. The smallest absolute Gasteiger partial charge is 0.238 e. The molecule has 1 fully saturated rings. The number of benzene rings is 2. The van der Waals surface area contributed by atoms with Crippen LogP contribution in [-0.2, 0) is 16.1 Å². The molecule has 1 saturated heterocycles. The SMILES string of the molecule is O=C(CN1CCN(CC(=O)Nc2cccc(Cl)c2Cl)CC1)NCc1ccccc1. The molecule has 0 unspecified atom stereocenters. The maximum Gasteiger partial charge on any atom is 0.238 e. The molecule has 0 aromatic heterocycles. The van der Waals surface area contributed by atoms with Crippen LogP contribution < -0.4 is 10.6 Å². The lowest BCUT2D eigenvalue weighted by Crippen LogP contribution is -2.50. The van der Waals surface area contributed by atoms with Gasteiger partial charge in [0.15, 0.2) is 0 Å². The number of piperazine rings is 1. The van der Waals surface area contributed by atoms with Crippen LogP contribution in [0.3, 0.4) is 0 Å². The Bertz CT molecular complexity index is 840. The fourth-order valence-electron chi connectivity index (χ4n) is 3.15. The van der Waals surface area contributed by atoms with Crippen LogP contribution in [0.15, 0.2) is 48.5 Å². The van der Waals surface area contributed by atoms with Crippen molar-refractivity contribution in [2.75, 3.05) is 44.6 Å². The number of carbonyl (C=O) groups is 2. The molecule has 3 rings (SSSR count). The van der Waals surface area contributed by atoms with Gasteiger partial charge >= 0.3 is 0 Å². The lowest BCUT2D eigenvalue weighted by atomic mass is 10.2. The third kappa shape index (κ3) is 6.72. The molecule has 0 radical (unpaired) electrons. The molecule has 0 atom stereocenters. The summed E-state index contributed by atoms with van der Waals surface area (Å²) in [6.07, 6.45) is 0. The molecule has 0 saturated carbocycles. The van der Waals surface area contributed by atoms with Crippen molar-refractivity contribution in [3.05, 3.63) is 64.1 Å². The Balaban J connectivity index is 1.37. The Morgan fingerprint density at radius 1 is 0.828 bits per heavy atom. The Labute approximate surface area is 180 Å². The second kappa shape index (κ2) is 10.6.